The number of anilines is 2. The normalized spacial score (nSPS) is 24.7. The van der Waals surface area contributed by atoms with E-state index < -0.39 is 23.1 Å². The van der Waals surface area contributed by atoms with E-state index in [1.165, 1.54) is 0 Å². The zero-order valence-electron chi connectivity index (χ0n) is 11.9. The molecule has 2 amide bonds. The Hall–Kier alpha value is -2.66. The summed E-state index contributed by atoms with van der Waals surface area (Å²) in [6.45, 7) is 1.77. The molecule has 0 saturated heterocycles. The number of nitriles is 1. The van der Waals surface area contributed by atoms with Crippen LogP contribution in [0.4, 0.5) is 11.5 Å². The van der Waals surface area contributed by atoms with Crippen LogP contribution in [-0.2, 0) is 15.0 Å². The fourth-order valence-electron chi connectivity index (χ4n) is 3.52. The number of carbonyl (C=O) groups excluding carboxylic acids is 2. The van der Waals surface area contributed by atoms with Gasteiger partial charge in [0.25, 0.3) is 0 Å². The average Bonchev–Trinajstić information content (AvgIpc) is 3.00. The Kier molecular flexibility index (Phi) is 2.69. The Morgan fingerprint density at radius 3 is 2.87 bits per heavy atom. The molecule has 1 aromatic heterocycles. The molecule has 7 nitrogen and oxygen atoms in total. The molecule has 0 radical (unpaired) electrons. The van der Waals surface area contributed by atoms with Gasteiger partial charge in [-0.15, -0.1) is 0 Å². The van der Waals surface area contributed by atoms with Gasteiger partial charge < -0.3 is 10.6 Å². The molecule has 0 bridgehead atoms. The fraction of sp³-hybridized carbons (Fsp3) is 0.200. The number of nitrogens with zero attached hydrogens (tertiary/aromatic N) is 2. The molecule has 0 fully saturated rings. The molecule has 2 aliphatic rings. The molecule has 0 saturated carbocycles. The summed E-state index contributed by atoms with van der Waals surface area (Å²) in [6.07, 6.45) is 0. The molecule has 0 aliphatic carbocycles. The van der Waals surface area contributed by atoms with Gasteiger partial charge in [-0.25, -0.2) is 0 Å². The van der Waals surface area contributed by atoms with Crippen LogP contribution in [-0.4, -0.2) is 22.0 Å². The van der Waals surface area contributed by atoms with Gasteiger partial charge in [0.15, 0.2) is 5.82 Å². The number of halogens is 1. The van der Waals surface area contributed by atoms with E-state index in [0.29, 0.717) is 28.3 Å². The first-order chi connectivity index (χ1) is 11.0. The minimum atomic E-state index is -1.40. The third-order valence-electron chi connectivity index (χ3n) is 4.42. The number of hydrogen-bond donors (Lipinski definition) is 3. The quantitative estimate of drug-likeness (QED) is 0.655. The Labute approximate surface area is 139 Å². The van der Waals surface area contributed by atoms with Crippen molar-refractivity contribution >= 4 is 39.2 Å². The second-order valence-corrected chi connectivity index (χ2v) is 6.49. The van der Waals surface area contributed by atoms with E-state index in [1.54, 1.807) is 25.1 Å². The van der Waals surface area contributed by atoms with Crippen LogP contribution in [0.15, 0.2) is 22.7 Å². The van der Waals surface area contributed by atoms with Crippen molar-refractivity contribution in [3.05, 3.63) is 39.5 Å². The highest BCUT2D eigenvalue weighted by molar-refractivity contribution is 9.10. The monoisotopic (exact) mass is 371 g/mol. The highest BCUT2D eigenvalue weighted by Crippen LogP contribution is 2.53. The number of aromatic amines is 1. The lowest BCUT2D eigenvalue weighted by molar-refractivity contribution is -0.127. The van der Waals surface area contributed by atoms with Gasteiger partial charge in [0.05, 0.1) is 6.07 Å². The van der Waals surface area contributed by atoms with Gasteiger partial charge >= 0.3 is 0 Å². The van der Waals surface area contributed by atoms with E-state index >= 15 is 0 Å². The molecule has 2 aromatic rings. The minimum Gasteiger partial charge on any atom is -0.325 e. The predicted octanol–water partition coefficient (Wildman–Crippen LogP) is 1.81. The van der Waals surface area contributed by atoms with Gasteiger partial charge in [0.1, 0.15) is 11.3 Å². The Balaban J connectivity index is 2.15. The van der Waals surface area contributed by atoms with E-state index in [0.717, 1.165) is 4.47 Å². The fourth-order valence-corrected chi connectivity index (χ4v) is 3.88. The second-order valence-electron chi connectivity index (χ2n) is 5.58. The molecule has 0 unspecified atom stereocenters. The number of rotatable bonds is 0. The Morgan fingerprint density at radius 1 is 1.35 bits per heavy atom. The van der Waals surface area contributed by atoms with Gasteiger partial charge in [-0.05, 0) is 30.7 Å². The van der Waals surface area contributed by atoms with Gasteiger partial charge in [-0.1, -0.05) is 15.9 Å². The van der Waals surface area contributed by atoms with Gasteiger partial charge in [-0.3, -0.25) is 14.7 Å². The molecule has 114 valence electrons. The van der Waals surface area contributed by atoms with Crippen molar-refractivity contribution in [3.8, 4) is 6.07 Å². The molecule has 23 heavy (non-hydrogen) atoms. The molecular weight excluding hydrogens is 362 g/mol. The highest BCUT2D eigenvalue weighted by Gasteiger charge is 2.61. The SMILES string of the molecule is Cc1[nH]nc2c1[C@]1(C(=O)Nc3ccc(Br)cc31)[C@@H](C#N)C(=O)N2. The molecule has 2 aliphatic heterocycles. The summed E-state index contributed by atoms with van der Waals surface area (Å²) < 4.78 is 0.762. The third kappa shape index (κ3) is 1.55. The molecule has 1 spiro atoms. The number of aryl methyl sites for hydroxylation is 1. The first-order valence-corrected chi connectivity index (χ1v) is 7.67. The van der Waals surface area contributed by atoms with Crippen molar-refractivity contribution in [2.24, 2.45) is 5.92 Å². The summed E-state index contributed by atoms with van der Waals surface area (Å²) in [7, 11) is 0. The number of amides is 2. The summed E-state index contributed by atoms with van der Waals surface area (Å²) >= 11 is 3.40. The van der Waals surface area contributed by atoms with E-state index in [9.17, 15) is 14.9 Å². The molecular formula is C15H10BrN5O2. The predicted molar refractivity (Wildman–Crippen MR) is 84.6 cm³/mol. The van der Waals surface area contributed by atoms with Crippen LogP contribution in [0.3, 0.4) is 0 Å². The highest BCUT2D eigenvalue weighted by atomic mass is 79.9. The maximum atomic E-state index is 12.9. The molecule has 3 heterocycles. The van der Waals surface area contributed by atoms with Crippen LogP contribution in [0.25, 0.3) is 0 Å². The Bertz CT molecular complexity index is 928. The summed E-state index contributed by atoms with van der Waals surface area (Å²) in [5, 5.41) is 21.9. The van der Waals surface area contributed by atoms with Crippen LogP contribution < -0.4 is 10.6 Å². The van der Waals surface area contributed by atoms with E-state index in [2.05, 4.69) is 36.8 Å². The van der Waals surface area contributed by atoms with Crippen LogP contribution >= 0.6 is 15.9 Å². The Morgan fingerprint density at radius 2 is 2.13 bits per heavy atom. The van der Waals surface area contributed by atoms with E-state index in [1.807, 2.05) is 6.07 Å². The molecule has 2 atom stereocenters. The zero-order valence-corrected chi connectivity index (χ0v) is 13.5. The van der Waals surface area contributed by atoms with Gasteiger partial charge in [0.2, 0.25) is 11.8 Å². The standard InChI is InChI=1S/C15H10BrN5O2/c1-6-11-12(21-20-6)19-13(22)9(5-17)15(11)8-4-7(16)2-3-10(8)18-14(15)23/h2-4,9H,1H3,(H,18,23)(H2,19,20,21,22)/t9-,15+/m0/s1. The van der Waals surface area contributed by atoms with Crippen molar-refractivity contribution in [1.29, 1.82) is 5.26 Å². The number of H-pyrrole nitrogens is 1. The summed E-state index contributed by atoms with van der Waals surface area (Å²) in [5.74, 6) is -1.81. The minimum absolute atomic E-state index is 0.293. The van der Waals surface area contributed by atoms with Crippen LogP contribution in [0.5, 0.6) is 0 Å². The number of fused-ring (bicyclic) bond motifs is 4. The topological polar surface area (TPSA) is 111 Å². The summed E-state index contributed by atoms with van der Waals surface area (Å²) in [4.78, 5) is 25.4. The largest absolute Gasteiger partial charge is 0.325 e. The molecule has 3 N–H and O–H groups in total. The summed E-state index contributed by atoms with van der Waals surface area (Å²) in [5.41, 5.74) is 0.979. The molecule has 1 aromatic carbocycles. The number of hydrogen-bond acceptors (Lipinski definition) is 4. The number of benzene rings is 1. The molecule has 4 rings (SSSR count). The molecule has 8 heteroatoms. The smallest absolute Gasteiger partial charge is 0.244 e. The van der Waals surface area contributed by atoms with Crippen LogP contribution in [0.2, 0.25) is 0 Å². The zero-order chi connectivity index (χ0) is 16.4. The lowest BCUT2D eigenvalue weighted by Gasteiger charge is -2.35. The third-order valence-corrected chi connectivity index (χ3v) is 4.91. The number of carbonyl (C=O) groups is 2. The van der Waals surface area contributed by atoms with Crippen molar-refractivity contribution in [2.75, 3.05) is 10.6 Å². The summed E-state index contributed by atoms with van der Waals surface area (Å²) in [6, 6.07) is 7.32. The lowest BCUT2D eigenvalue weighted by atomic mass is 9.64. The van der Waals surface area contributed by atoms with E-state index in [-0.39, 0.29) is 0 Å². The number of nitrogens with one attached hydrogen (secondary N) is 3. The van der Waals surface area contributed by atoms with Crippen molar-refractivity contribution in [3.63, 3.8) is 0 Å². The average molecular weight is 372 g/mol. The van der Waals surface area contributed by atoms with Crippen molar-refractivity contribution in [1.82, 2.24) is 10.2 Å². The van der Waals surface area contributed by atoms with Crippen molar-refractivity contribution in [2.45, 2.75) is 12.3 Å². The van der Waals surface area contributed by atoms with E-state index in [4.69, 9.17) is 0 Å². The van der Waals surface area contributed by atoms with Gasteiger partial charge in [0, 0.05) is 21.4 Å². The first-order valence-electron chi connectivity index (χ1n) is 6.87. The first kappa shape index (κ1) is 14.0. The van der Waals surface area contributed by atoms with Gasteiger partial charge in [-0.2, -0.15) is 10.4 Å². The van der Waals surface area contributed by atoms with Crippen molar-refractivity contribution < 1.29 is 9.59 Å². The maximum Gasteiger partial charge on any atom is 0.244 e. The maximum absolute atomic E-state index is 12.9. The van der Waals surface area contributed by atoms with Crippen LogP contribution in [0, 0.1) is 24.2 Å². The lowest BCUT2D eigenvalue weighted by Crippen LogP contribution is -2.51. The number of aromatic nitrogens is 2. The van der Waals surface area contributed by atoms with Crippen LogP contribution in [0.1, 0.15) is 16.8 Å². The second kappa shape index (κ2) is 4.43.